The van der Waals surface area contributed by atoms with Crippen LogP contribution in [0.3, 0.4) is 0 Å². The van der Waals surface area contributed by atoms with Crippen molar-refractivity contribution < 1.29 is 4.79 Å². The van der Waals surface area contributed by atoms with Crippen LogP contribution >= 0.6 is 0 Å². The number of aromatic nitrogens is 3. The Hall–Kier alpha value is -2.56. The molecule has 0 radical (unpaired) electrons. The molecule has 1 aromatic carbocycles. The maximum atomic E-state index is 12.2. The number of para-hydroxylation sites is 1. The smallest absolute Gasteiger partial charge is 0.240 e. The van der Waals surface area contributed by atoms with Gasteiger partial charge in [0.05, 0.1) is 6.20 Å². The van der Waals surface area contributed by atoms with Gasteiger partial charge in [-0.15, -0.1) is 0 Å². The van der Waals surface area contributed by atoms with Crippen LogP contribution in [0.1, 0.15) is 17.0 Å². The molecule has 0 unspecified atom stereocenters. The van der Waals surface area contributed by atoms with E-state index in [1.807, 2.05) is 48.3 Å². The molecule has 0 aliphatic carbocycles. The van der Waals surface area contributed by atoms with Gasteiger partial charge in [0.1, 0.15) is 6.54 Å². The fraction of sp³-hybridized carbons (Fsp3) is 0.294. The SMILES string of the molecule is Cc1c(CNC(=O)Cn2c(C)cc3ccccc32)cnn1C. The van der Waals surface area contributed by atoms with Crippen LogP contribution in [0, 0.1) is 13.8 Å². The first-order chi connectivity index (χ1) is 10.6. The van der Waals surface area contributed by atoms with Crippen molar-refractivity contribution in [1.82, 2.24) is 19.7 Å². The number of hydrogen-bond acceptors (Lipinski definition) is 2. The Morgan fingerprint density at radius 2 is 2.05 bits per heavy atom. The minimum atomic E-state index is 0.00714. The number of carbonyl (C=O) groups excluding carboxylic acids is 1. The molecule has 0 aliphatic rings. The zero-order valence-corrected chi connectivity index (χ0v) is 13.1. The first-order valence-electron chi connectivity index (χ1n) is 7.35. The van der Waals surface area contributed by atoms with Crippen LogP contribution in [0.5, 0.6) is 0 Å². The molecule has 0 atom stereocenters. The first kappa shape index (κ1) is 14.4. The van der Waals surface area contributed by atoms with Crippen molar-refractivity contribution in [3.05, 3.63) is 53.5 Å². The zero-order valence-electron chi connectivity index (χ0n) is 13.1. The topological polar surface area (TPSA) is 51.9 Å². The zero-order chi connectivity index (χ0) is 15.7. The molecule has 1 N–H and O–H groups in total. The van der Waals surface area contributed by atoms with Gasteiger partial charge in [0.25, 0.3) is 0 Å². The van der Waals surface area contributed by atoms with Crippen LogP contribution in [-0.2, 0) is 24.9 Å². The summed E-state index contributed by atoms with van der Waals surface area (Å²) in [7, 11) is 1.90. The van der Waals surface area contributed by atoms with Gasteiger partial charge in [-0.2, -0.15) is 5.10 Å². The van der Waals surface area contributed by atoms with Crippen molar-refractivity contribution in [1.29, 1.82) is 0 Å². The molecule has 0 saturated carbocycles. The summed E-state index contributed by atoms with van der Waals surface area (Å²) < 4.78 is 3.85. The van der Waals surface area contributed by atoms with Gasteiger partial charge in [0.2, 0.25) is 5.91 Å². The van der Waals surface area contributed by atoms with E-state index in [0.717, 1.165) is 27.9 Å². The summed E-state index contributed by atoms with van der Waals surface area (Å²) >= 11 is 0. The summed E-state index contributed by atoms with van der Waals surface area (Å²) in [5.74, 6) is 0.00714. The van der Waals surface area contributed by atoms with E-state index >= 15 is 0 Å². The Morgan fingerprint density at radius 3 is 2.77 bits per heavy atom. The van der Waals surface area contributed by atoms with E-state index in [1.54, 1.807) is 6.20 Å². The van der Waals surface area contributed by atoms with E-state index in [4.69, 9.17) is 0 Å². The normalized spacial score (nSPS) is 11.0. The molecule has 0 saturated heterocycles. The minimum Gasteiger partial charge on any atom is -0.350 e. The maximum absolute atomic E-state index is 12.2. The molecule has 22 heavy (non-hydrogen) atoms. The number of benzene rings is 1. The molecule has 5 heteroatoms. The van der Waals surface area contributed by atoms with Crippen molar-refractivity contribution in [2.45, 2.75) is 26.9 Å². The van der Waals surface area contributed by atoms with E-state index in [1.165, 1.54) is 0 Å². The Labute approximate surface area is 129 Å². The van der Waals surface area contributed by atoms with Crippen molar-refractivity contribution >= 4 is 16.8 Å². The molecule has 1 amide bonds. The fourth-order valence-corrected chi connectivity index (χ4v) is 2.67. The monoisotopic (exact) mass is 296 g/mol. The second kappa shape index (κ2) is 5.67. The highest BCUT2D eigenvalue weighted by atomic mass is 16.1. The van der Waals surface area contributed by atoms with Crippen molar-refractivity contribution in [2.75, 3.05) is 0 Å². The van der Waals surface area contributed by atoms with Gasteiger partial charge in [-0.05, 0) is 31.4 Å². The number of carbonyl (C=O) groups is 1. The molecular formula is C17H20N4O. The first-order valence-corrected chi connectivity index (χ1v) is 7.35. The molecule has 2 aromatic heterocycles. The Balaban J connectivity index is 1.71. The van der Waals surface area contributed by atoms with Gasteiger partial charge in [0.15, 0.2) is 0 Å². The lowest BCUT2D eigenvalue weighted by Gasteiger charge is -2.09. The third kappa shape index (κ3) is 2.62. The highest BCUT2D eigenvalue weighted by molar-refractivity contribution is 5.84. The molecule has 0 spiro atoms. The number of amides is 1. The van der Waals surface area contributed by atoms with E-state index < -0.39 is 0 Å². The molecule has 3 rings (SSSR count). The quantitative estimate of drug-likeness (QED) is 0.803. The summed E-state index contributed by atoms with van der Waals surface area (Å²) in [6.07, 6.45) is 1.80. The molecular weight excluding hydrogens is 276 g/mol. The number of rotatable bonds is 4. The number of aryl methyl sites for hydroxylation is 2. The number of fused-ring (bicyclic) bond motifs is 1. The molecule has 5 nitrogen and oxygen atoms in total. The van der Waals surface area contributed by atoms with Gasteiger partial charge < -0.3 is 9.88 Å². The summed E-state index contributed by atoms with van der Waals surface area (Å²) in [6, 6.07) is 10.2. The summed E-state index contributed by atoms with van der Waals surface area (Å²) in [4.78, 5) is 12.2. The van der Waals surface area contributed by atoms with Gasteiger partial charge in [-0.25, -0.2) is 0 Å². The summed E-state index contributed by atoms with van der Waals surface area (Å²) in [5, 5.41) is 8.32. The standard InChI is InChI=1S/C17H20N4O/c1-12-8-14-6-4-5-7-16(14)21(12)11-17(22)18-9-15-10-19-20(3)13(15)2/h4-8,10H,9,11H2,1-3H3,(H,18,22). The Kier molecular flexibility index (Phi) is 3.71. The third-order valence-electron chi connectivity index (χ3n) is 4.13. The molecule has 114 valence electrons. The van der Waals surface area contributed by atoms with Crippen LogP contribution in [0.4, 0.5) is 0 Å². The Bertz CT molecular complexity index is 828. The van der Waals surface area contributed by atoms with Gasteiger partial charge in [-0.3, -0.25) is 9.48 Å². The predicted octanol–water partition coefficient (Wildman–Crippen LogP) is 2.31. The van der Waals surface area contributed by atoms with Crippen LogP contribution in [0.25, 0.3) is 10.9 Å². The highest BCUT2D eigenvalue weighted by Crippen LogP contribution is 2.18. The lowest BCUT2D eigenvalue weighted by molar-refractivity contribution is -0.121. The average molecular weight is 296 g/mol. The van der Waals surface area contributed by atoms with Crippen molar-refractivity contribution in [2.24, 2.45) is 7.05 Å². The molecule has 0 fully saturated rings. The second-order valence-electron chi connectivity index (χ2n) is 5.59. The minimum absolute atomic E-state index is 0.00714. The van der Waals surface area contributed by atoms with Gasteiger partial charge in [0, 0.05) is 36.1 Å². The lowest BCUT2D eigenvalue weighted by atomic mass is 10.2. The largest absolute Gasteiger partial charge is 0.350 e. The van der Waals surface area contributed by atoms with Crippen LogP contribution in [-0.4, -0.2) is 20.3 Å². The highest BCUT2D eigenvalue weighted by Gasteiger charge is 2.10. The van der Waals surface area contributed by atoms with Crippen molar-refractivity contribution in [3.8, 4) is 0 Å². The van der Waals surface area contributed by atoms with Crippen LogP contribution in [0.2, 0.25) is 0 Å². The summed E-state index contributed by atoms with van der Waals surface area (Å²) in [6.45, 7) is 4.87. The van der Waals surface area contributed by atoms with Crippen molar-refractivity contribution in [3.63, 3.8) is 0 Å². The predicted molar refractivity (Wildman–Crippen MR) is 86.5 cm³/mol. The number of nitrogens with one attached hydrogen (secondary N) is 1. The number of nitrogens with zero attached hydrogens (tertiary/aromatic N) is 3. The molecule has 2 heterocycles. The van der Waals surface area contributed by atoms with Gasteiger partial charge >= 0.3 is 0 Å². The molecule has 0 aliphatic heterocycles. The van der Waals surface area contributed by atoms with Crippen LogP contribution < -0.4 is 5.32 Å². The molecule has 0 bridgehead atoms. The van der Waals surface area contributed by atoms with Crippen LogP contribution in [0.15, 0.2) is 36.5 Å². The third-order valence-corrected chi connectivity index (χ3v) is 4.13. The Morgan fingerprint density at radius 1 is 1.27 bits per heavy atom. The second-order valence-corrected chi connectivity index (χ2v) is 5.59. The molecule has 3 aromatic rings. The summed E-state index contributed by atoms with van der Waals surface area (Å²) in [5.41, 5.74) is 4.30. The fourth-order valence-electron chi connectivity index (χ4n) is 2.67. The van der Waals surface area contributed by atoms with E-state index in [0.29, 0.717) is 13.1 Å². The van der Waals surface area contributed by atoms with E-state index in [9.17, 15) is 4.79 Å². The lowest BCUT2D eigenvalue weighted by Crippen LogP contribution is -2.27. The maximum Gasteiger partial charge on any atom is 0.240 e. The average Bonchev–Trinajstić information content (AvgIpc) is 2.99. The number of hydrogen-bond donors (Lipinski definition) is 1. The van der Waals surface area contributed by atoms with E-state index in [-0.39, 0.29) is 5.91 Å². The van der Waals surface area contributed by atoms with Gasteiger partial charge in [-0.1, -0.05) is 18.2 Å². The van der Waals surface area contributed by atoms with E-state index in [2.05, 4.69) is 22.5 Å².